The summed E-state index contributed by atoms with van der Waals surface area (Å²) in [6, 6.07) is 9.65. The summed E-state index contributed by atoms with van der Waals surface area (Å²) in [5, 5.41) is 11.5. The average molecular weight is 301 g/mol. The van der Waals surface area contributed by atoms with Gasteiger partial charge in [0.15, 0.2) is 10.6 Å². The first-order valence-electron chi connectivity index (χ1n) is 6.43. The van der Waals surface area contributed by atoms with Gasteiger partial charge in [0, 0.05) is 7.05 Å². The highest BCUT2D eigenvalue weighted by Gasteiger charge is 2.17. The molecule has 0 aliphatic heterocycles. The maximum Gasteiger partial charge on any atom is 0.200 e. The van der Waals surface area contributed by atoms with Crippen molar-refractivity contribution in [3.63, 3.8) is 0 Å². The minimum absolute atomic E-state index is 0.508. The Hall–Kier alpha value is -2.41. The third-order valence-corrected chi connectivity index (χ3v) is 3.50. The number of aryl methyl sites for hydroxylation is 2. The number of hydrogen-bond donors (Lipinski definition) is 1. The summed E-state index contributed by atoms with van der Waals surface area (Å²) in [7, 11) is 3.52. The Morgan fingerprint density at radius 2 is 2.05 bits per heavy atom. The molecular formula is C14H15N5OS. The number of aromatic nitrogens is 5. The fraction of sp³-hybridized carbons (Fsp3) is 0.214. The van der Waals surface area contributed by atoms with Crippen molar-refractivity contribution in [2.24, 2.45) is 7.05 Å². The lowest BCUT2D eigenvalue weighted by atomic mass is 10.2. The van der Waals surface area contributed by atoms with Crippen LogP contribution < -0.4 is 4.74 Å². The van der Waals surface area contributed by atoms with Crippen molar-refractivity contribution in [1.29, 1.82) is 0 Å². The van der Waals surface area contributed by atoms with Crippen LogP contribution in [-0.2, 0) is 7.05 Å². The van der Waals surface area contributed by atoms with Crippen LogP contribution in [0.3, 0.4) is 0 Å². The Kier molecular flexibility index (Phi) is 3.34. The van der Waals surface area contributed by atoms with Crippen LogP contribution in [0, 0.1) is 11.7 Å². The lowest BCUT2D eigenvalue weighted by molar-refractivity contribution is 0.413. The number of benzene rings is 1. The predicted octanol–water partition coefficient (Wildman–Crippen LogP) is 2.65. The monoisotopic (exact) mass is 301 g/mol. The van der Waals surface area contributed by atoms with Crippen molar-refractivity contribution >= 4 is 12.2 Å². The van der Waals surface area contributed by atoms with Crippen LogP contribution in [0.1, 0.15) is 5.69 Å². The molecule has 6 nitrogen and oxygen atoms in total. The molecule has 0 saturated heterocycles. The van der Waals surface area contributed by atoms with Gasteiger partial charge in [0.05, 0.1) is 18.5 Å². The standard InChI is InChI=1S/C14H15N5OS/c1-9-8-11(18(2)17-9)13-15-16-14(21)19(13)10-6-4-5-7-12(10)20-3/h4-8H,1-3H3,(H,16,21). The summed E-state index contributed by atoms with van der Waals surface area (Å²) in [4.78, 5) is 0. The molecule has 0 amide bonds. The van der Waals surface area contributed by atoms with E-state index >= 15 is 0 Å². The molecule has 0 aliphatic carbocycles. The first kappa shape index (κ1) is 13.6. The van der Waals surface area contributed by atoms with Gasteiger partial charge in [-0.05, 0) is 37.3 Å². The fourth-order valence-corrected chi connectivity index (χ4v) is 2.56. The van der Waals surface area contributed by atoms with Gasteiger partial charge in [0.2, 0.25) is 0 Å². The molecule has 0 radical (unpaired) electrons. The summed E-state index contributed by atoms with van der Waals surface area (Å²) in [5.74, 6) is 1.43. The van der Waals surface area contributed by atoms with Crippen molar-refractivity contribution in [3.8, 4) is 23.0 Å². The van der Waals surface area contributed by atoms with E-state index in [0.29, 0.717) is 10.6 Å². The smallest absolute Gasteiger partial charge is 0.200 e. The van der Waals surface area contributed by atoms with Gasteiger partial charge in [0.25, 0.3) is 0 Å². The van der Waals surface area contributed by atoms with Gasteiger partial charge in [-0.25, -0.2) is 0 Å². The second-order valence-corrected chi connectivity index (χ2v) is 5.04. The van der Waals surface area contributed by atoms with Crippen molar-refractivity contribution in [2.75, 3.05) is 7.11 Å². The first-order chi connectivity index (χ1) is 10.1. The van der Waals surface area contributed by atoms with E-state index in [2.05, 4.69) is 15.3 Å². The molecule has 0 saturated carbocycles. The molecule has 2 aromatic heterocycles. The summed E-state index contributed by atoms with van der Waals surface area (Å²) in [6.45, 7) is 1.94. The summed E-state index contributed by atoms with van der Waals surface area (Å²) in [5.41, 5.74) is 2.64. The van der Waals surface area contributed by atoms with Crippen molar-refractivity contribution < 1.29 is 4.74 Å². The number of ether oxygens (including phenoxy) is 1. The van der Waals surface area contributed by atoms with Gasteiger partial charge >= 0.3 is 0 Å². The van der Waals surface area contributed by atoms with Crippen LogP contribution in [0.2, 0.25) is 0 Å². The summed E-state index contributed by atoms with van der Waals surface area (Å²) in [6.07, 6.45) is 0. The fourth-order valence-electron chi connectivity index (χ4n) is 2.33. The van der Waals surface area contributed by atoms with E-state index in [0.717, 1.165) is 22.8 Å². The quantitative estimate of drug-likeness (QED) is 0.756. The zero-order chi connectivity index (χ0) is 15.0. The normalized spacial score (nSPS) is 10.8. The molecule has 0 fully saturated rings. The Bertz CT molecular complexity index is 845. The van der Waals surface area contributed by atoms with Gasteiger partial charge in [-0.2, -0.15) is 10.2 Å². The topological polar surface area (TPSA) is 60.7 Å². The lowest BCUT2D eigenvalue weighted by Crippen LogP contribution is -2.03. The largest absolute Gasteiger partial charge is 0.495 e. The van der Waals surface area contributed by atoms with Crippen LogP contribution in [0.4, 0.5) is 0 Å². The van der Waals surface area contributed by atoms with Crippen LogP contribution in [0.25, 0.3) is 17.2 Å². The van der Waals surface area contributed by atoms with Crippen molar-refractivity contribution in [2.45, 2.75) is 6.92 Å². The highest BCUT2D eigenvalue weighted by Crippen LogP contribution is 2.27. The highest BCUT2D eigenvalue weighted by atomic mass is 32.1. The number of nitrogens with zero attached hydrogens (tertiary/aromatic N) is 4. The van der Waals surface area contributed by atoms with E-state index < -0.39 is 0 Å². The predicted molar refractivity (Wildman–Crippen MR) is 82.2 cm³/mol. The number of methoxy groups -OCH3 is 1. The Labute approximate surface area is 127 Å². The Balaban J connectivity index is 2.27. The SMILES string of the molecule is COc1ccccc1-n1c(-c2cc(C)nn2C)n[nH]c1=S. The van der Waals surface area contributed by atoms with E-state index in [9.17, 15) is 0 Å². The molecule has 0 aliphatic rings. The number of hydrogen-bond acceptors (Lipinski definition) is 4. The molecule has 0 unspecified atom stereocenters. The Morgan fingerprint density at radius 1 is 1.29 bits per heavy atom. The minimum atomic E-state index is 0.508. The number of nitrogens with one attached hydrogen (secondary N) is 1. The minimum Gasteiger partial charge on any atom is -0.495 e. The first-order valence-corrected chi connectivity index (χ1v) is 6.84. The van der Waals surface area contributed by atoms with Crippen molar-refractivity contribution in [1.82, 2.24) is 24.5 Å². The molecule has 1 N–H and O–H groups in total. The maximum atomic E-state index is 5.42. The maximum absolute atomic E-state index is 5.42. The molecule has 3 aromatic rings. The van der Waals surface area contributed by atoms with Crippen LogP contribution in [0.5, 0.6) is 5.75 Å². The third-order valence-electron chi connectivity index (χ3n) is 3.23. The molecular weight excluding hydrogens is 286 g/mol. The van der Waals surface area contributed by atoms with Gasteiger partial charge in [0.1, 0.15) is 11.4 Å². The Morgan fingerprint density at radius 3 is 2.71 bits per heavy atom. The van der Waals surface area contributed by atoms with E-state index in [1.54, 1.807) is 11.8 Å². The molecule has 0 bridgehead atoms. The number of para-hydroxylation sites is 2. The zero-order valence-electron chi connectivity index (χ0n) is 12.0. The molecule has 108 valence electrons. The van der Waals surface area contributed by atoms with E-state index in [1.165, 1.54) is 0 Å². The molecule has 2 heterocycles. The number of aromatic amines is 1. The lowest BCUT2D eigenvalue weighted by Gasteiger charge is -2.11. The highest BCUT2D eigenvalue weighted by molar-refractivity contribution is 7.71. The summed E-state index contributed by atoms with van der Waals surface area (Å²) >= 11 is 5.37. The van der Waals surface area contributed by atoms with Gasteiger partial charge in [-0.1, -0.05) is 12.1 Å². The second-order valence-electron chi connectivity index (χ2n) is 4.65. The van der Waals surface area contributed by atoms with Crippen molar-refractivity contribution in [3.05, 3.63) is 40.8 Å². The average Bonchev–Trinajstić information content (AvgIpc) is 3.01. The second kappa shape index (κ2) is 5.17. The third kappa shape index (κ3) is 2.25. The number of H-pyrrole nitrogens is 1. The van der Waals surface area contributed by atoms with Gasteiger partial charge < -0.3 is 4.74 Å². The van der Waals surface area contributed by atoms with Gasteiger partial charge in [-0.3, -0.25) is 14.3 Å². The van der Waals surface area contributed by atoms with E-state index in [1.807, 2.05) is 48.9 Å². The molecule has 0 spiro atoms. The van der Waals surface area contributed by atoms with Crippen LogP contribution in [0.15, 0.2) is 30.3 Å². The van der Waals surface area contributed by atoms with Crippen LogP contribution in [-0.4, -0.2) is 31.7 Å². The molecule has 21 heavy (non-hydrogen) atoms. The van der Waals surface area contributed by atoms with E-state index in [4.69, 9.17) is 17.0 Å². The molecule has 0 atom stereocenters. The molecule has 1 aromatic carbocycles. The molecule has 3 rings (SSSR count). The van der Waals surface area contributed by atoms with Crippen LogP contribution >= 0.6 is 12.2 Å². The van der Waals surface area contributed by atoms with Gasteiger partial charge in [-0.15, -0.1) is 0 Å². The van der Waals surface area contributed by atoms with E-state index in [-0.39, 0.29) is 0 Å². The number of rotatable bonds is 3. The molecule has 7 heteroatoms. The summed E-state index contributed by atoms with van der Waals surface area (Å²) < 4.78 is 9.56. The zero-order valence-corrected chi connectivity index (χ0v) is 12.8.